The number of hydrogen-bond acceptors (Lipinski definition) is 2. The van der Waals surface area contributed by atoms with Gasteiger partial charge in [-0.25, -0.2) is 0 Å². The Morgan fingerprint density at radius 3 is 2.14 bits per heavy atom. The van der Waals surface area contributed by atoms with E-state index < -0.39 is 11.7 Å². The molecule has 1 fully saturated rings. The van der Waals surface area contributed by atoms with Gasteiger partial charge in [-0.3, -0.25) is 4.79 Å². The average Bonchev–Trinajstić information content (AvgIpc) is 2.70. The van der Waals surface area contributed by atoms with Gasteiger partial charge in [0.25, 0.3) is 0 Å². The maximum atomic E-state index is 13.0. The van der Waals surface area contributed by atoms with Gasteiger partial charge < -0.3 is 11.1 Å². The van der Waals surface area contributed by atoms with E-state index in [1.165, 1.54) is 12.1 Å². The molecule has 1 amide bonds. The van der Waals surface area contributed by atoms with Crippen molar-refractivity contribution in [1.29, 1.82) is 0 Å². The minimum absolute atomic E-state index is 0.00686. The van der Waals surface area contributed by atoms with Crippen LogP contribution in [0, 0.1) is 16.7 Å². The number of nitrogen functional groups attached to an aromatic ring is 1. The Morgan fingerprint density at radius 2 is 1.71 bits per heavy atom. The largest absolute Gasteiger partial charge is 0.418 e. The molecular formula is C15H19F3N2O. The zero-order valence-electron chi connectivity index (χ0n) is 12.4. The van der Waals surface area contributed by atoms with Crippen LogP contribution in [0.2, 0.25) is 0 Å². The molecule has 0 heterocycles. The van der Waals surface area contributed by atoms with Gasteiger partial charge >= 0.3 is 6.18 Å². The predicted molar refractivity (Wildman–Crippen MR) is 75.5 cm³/mol. The standard InChI is InChI=1S/C15H19F3N2O/c1-13(2)11(14(13,3)4)12(21)20-10-6-5-8(19)7-9(10)15(16,17)18/h5-7,11H,19H2,1-4H3,(H,20,21). The number of benzene rings is 1. The van der Waals surface area contributed by atoms with Crippen molar-refractivity contribution in [1.82, 2.24) is 0 Å². The topological polar surface area (TPSA) is 55.1 Å². The predicted octanol–water partition coefficient (Wildman–Crippen LogP) is 3.91. The van der Waals surface area contributed by atoms with Crippen molar-refractivity contribution in [3.63, 3.8) is 0 Å². The summed E-state index contributed by atoms with van der Waals surface area (Å²) in [6, 6.07) is 3.37. The summed E-state index contributed by atoms with van der Waals surface area (Å²) in [5.41, 5.74) is 3.77. The third-order valence-electron chi connectivity index (χ3n) is 4.89. The lowest BCUT2D eigenvalue weighted by molar-refractivity contribution is -0.136. The van der Waals surface area contributed by atoms with Gasteiger partial charge in [-0.05, 0) is 29.0 Å². The zero-order valence-corrected chi connectivity index (χ0v) is 12.4. The van der Waals surface area contributed by atoms with Crippen molar-refractivity contribution in [2.45, 2.75) is 33.9 Å². The van der Waals surface area contributed by atoms with Gasteiger partial charge in [0.15, 0.2) is 0 Å². The number of nitrogens with two attached hydrogens (primary N) is 1. The van der Waals surface area contributed by atoms with Gasteiger partial charge in [-0.2, -0.15) is 13.2 Å². The summed E-state index contributed by atoms with van der Waals surface area (Å²) in [7, 11) is 0. The van der Waals surface area contributed by atoms with E-state index in [9.17, 15) is 18.0 Å². The van der Waals surface area contributed by atoms with Gasteiger partial charge in [0.05, 0.1) is 11.3 Å². The van der Waals surface area contributed by atoms with E-state index in [1.54, 1.807) is 0 Å². The van der Waals surface area contributed by atoms with Crippen molar-refractivity contribution in [2.24, 2.45) is 16.7 Å². The summed E-state index contributed by atoms with van der Waals surface area (Å²) < 4.78 is 39.0. The van der Waals surface area contributed by atoms with E-state index in [4.69, 9.17) is 5.73 Å². The lowest BCUT2D eigenvalue weighted by atomic mass is 10.0. The Morgan fingerprint density at radius 1 is 1.19 bits per heavy atom. The summed E-state index contributed by atoms with van der Waals surface area (Å²) in [5, 5.41) is 2.40. The van der Waals surface area contributed by atoms with Gasteiger partial charge in [0.1, 0.15) is 0 Å². The molecule has 0 aliphatic heterocycles. The molecule has 0 aromatic heterocycles. The lowest BCUT2D eigenvalue weighted by Crippen LogP contribution is -2.20. The summed E-state index contributed by atoms with van der Waals surface area (Å²) in [6.07, 6.45) is -4.56. The molecule has 21 heavy (non-hydrogen) atoms. The molecule has 0 saturated heterocycles. The Balaban J connectivity index is 2.28. The molecule has 1 aromatic carbocycles. The van der Waals surface area contributed by atoms with Crippen molar-refractivity contribution in [2.75, 3.05) is 11.1 Å². The highest BCUT2D eigenvalue weighted by molar-refractivity contribution is 5.97. The first-order valence-corrected chi connectivity index (χ1v) is 6.66. The molecule has 1 saturated carbocycles. The number of rotatable bonds is 2. The van der Waals surface area contributed by atoms with Crippen LogP contribution in [0.1, 0.15) is 33.3 Å². The molecule has 0 atom stereocenters. The van der Waals surface area contributed by atoms with Crippen molar-refractivity contribution >= 4 is 17.3 Å². The van der Waals surface area contributed by atoms with Crippen LogP contribution in [-0.2, 0) is 11.0 Å². The molecule has 116 valence electrons. The Hall–Kier alpha value is -1.72. The Labute approximate surface area is 121 Å². The Bertz CT molecular complexity index is 577. The van der Waals surface area contributed by atoms with E-state index in [0.717, 1.165) is 6.07 Å². The molecule has 3 N–H and O–H groups in total. The van der Waals surface area contributed by atoms with Crippen LogP contribution in [0.4, 0.5) is 24.5 Å². The van der Waals surface area contributed by atoms with Crippen molar-refractivity contribution in [3.05, 3.63) is 23.8 Å². The second-order valence-corrected chi connectivity index (χ2v) is 6.67. The summed E-state index contributed by atoms with van der Waals surface area (Å²) >= 11 is 0. The number of halogens is 3. The fraction of sp³-hybridized carbons (Fsp3) is 0.533. The normalized spacial score (nSPS) is 20.1. The summed E-state index contributed by atoms with van der Waals surface area (Å²) in [5.74, 6) is -0.705. The molecule has 1 aliphatic rings. The van der Waals surface area contributed by atoms with Crippen LogP contribution in [0.15, 0.2) is 18.2 Å². The highest BCUT2D eigenvalue weighted by Gasteiger charge is 2.68. The fourth-order valence-electron chi connectivity index (χ4n) is 2.96. The highest BCUT2D eigenvalue weighted by atomic mass is 19.4. The van der Waals surface area contributed by atoms with Gasteiger partial charge in [0.2, 0.25) is 5.91 Å². The summed E-state index contributed by atoms with van der Waals surface area (Å²) in [4.78, 5) is 12.3. The minimum Gasteiger partial charge on any atom is -0.399 e. The number of anilines is 2. The monoisotopic (exact) mass is 300 g/mol. The average molecular weight is 300 g/mol. The summed E-state index contributed by atoms with van der Waals surface area (Å²) in [6.45, 7) is 7.74. The number of hydrogen-bond donors (Lipinski definition) is 2. The van der Waals surface area contributed by atoms with Gasteiger partial charge in [-0.15, -0.1) is 0 Å². The van der Waals surface area contributed by atoms with Gasteiger partial charge in [-0.1, -0.05) is 27.7 Å². The highest BCUT2D eigenvalue weighted by Crippen LogP contribution is 2.68. The first kappa shape index (κ1) is 15.7. The minimum atomic E-state index is -4.56. The number of carbonyl (C=O) groups excluding carboxylic acids is 1. The van der Waals surface area contributed by atoms with E-state index in [0.29, 0.717) is 0 Å². The molecule has 0 unspecified atom stereocenters. The van der Waals surface area contributed by atoms with Crippen LogP contribution in [0.3, 0.4) is 0 Å². The number of alkyl halides is 3. The maximum Gasteiger partial charge on any atom is 0.418 e. The molecule has 1 aromatic rings. The number of carbonyl (C=O) groups is 1. The fourth-order valence-corrected chi connectivity index (χ4v) is 2.96. The molecule has 0 spiro atoms. The van der Waals surface area contributed by atoms with Gasteiger partial charge in [0, 0.05) is 11.6 Å². The molecule has 1 aliphatic carbocycles. The van der Waals surface area contributed by atoms with Crippen molar-refractivity contribution < 1.29 is 18.0 Å². The zero-order chi connectivity index (χ0) is 16.2. The quantitative estimate of drug-likeness (QED) is 0.814. The van der Waals surface area contributed by atoms with E-state index in [2.05, 4.69) is 5.32 Å². The second kappa shape index (κ2) is 4.39. The smallest absolute Gasteiger partial charge is 0.399 e. The molecule has 0 radical (unpaired) electrons. The maximum absolute atomic E-state index is 13.0. The third-order valence-corrected chi connectivity index (χ3v) is 4.89. The SMILES string of the molecule is CC1(C)C(C(=O)Nc2ccc(N)cc2C(F)(F)F)C1(C)C. The van der Waals surface area contributed by atoms with E-state index >= 15 is 0 Å². The first-order valence-electron chi connectivity index (χ1n) is 6.66. The number of nitrogens with one attached hydrogen (secondary N) is 1. The molecule has 3 nitrogen and oxygen atoms in total. The number of amides is 1. The first-order chi connectivity index (χ1) is 9.39. The third kappa shape index (κ3) is 2.47. The molecule has 0 bridgehead atoms. The molecule has 2 rings (SSSR count). The second-order valence-electron chi connectivity index (χ2n) is 6.67. The molecule has 6 heteroatoms. The van der Waals surface area contributed by atoms with Crippen LogP contribution in [0.25, 0.3) is 0 Å². The molecular weight excluding hydrogens is 281 g/mol. The van der Waals surface area contributed by atoms with Crippen molar-refractivity contribution in [3.8, 4) is 0 Å². The van der Waals surface area contributed by atoms with Crippen LogP contribution >= 0.6 is 0 Å². The van der Waals surface area contributed by atoms with Crippen LogP contribution in [0.5, 0.6) is 0 Å². The van der Waals surface area contributed by atoms with E-state index in [-0.39, 0.29) is 34.0 Å². The lowest BCUT2D eigenvalue weighted by Gasteiger charge is -2.15. The van der Waals surface area contributed by atoms with Crippen LogP contribution in [-0.4, -0.2) is 5.91 Å². The van der Waals surface area contributed by atoms with Crippen LogP contribution < -0.4 is 11.1 Å². The van der Waals surface area contributed by atoms with E-state index in [1.807, 2.05) is 27.7 Å². The Kier molecular flexibility index (Phi) is 3.27.